The van der Waals surface area contributed by atoms with Gasteiger partial charge in [0, 0.05) is 18.6 Å². The number of nitrogens with one attached hydrogen (secondary N) is 2. The van der Waals surface area contributed by atoms with Crippen molar-refractivity contribution in [2.24, 2.45) is 0 Å². The summed E-state index contributed by atoms with van der Waals surface area (Å²) in [7, 11) is 6.22. The van der Waals surface area contributed by atoms with Crippen LogP contribution < -0.4 is 10.2 Å². The fourth-order valence-corrected chi connectivity index (χ4v) is 1.87. The Kier molecular flexibility index (Phi) is 6.39. The Balaban J connectivity index is 2.43. The minimum absolute atomic E-state index is 0.723. The summed E-state index contributed by atoms with van der Waals surface area (Å²) in [6, 6.07) is 7.84. The van der Waals surface area contributed by atoms with Crippen LogP contribution in [0.4, 0.5) is 0 Å². The Morgan fingerprint density at radius 3 is 2.67 bits per heavy atom. The van der Waals surface area contributed by atoms with Crippen LogP contribution in [0.5, 0.6) is 0 Å². The van der Waals surface area contributed by atoms with E-state index < -0.39 is 0 Å². The number of rotatable bonds is 5. The fourth-order valence-electron chi connectivity index (χ4n) is 1.51. The molecule has 0 fully saturated rings. The third-order valence-corrected chi connectivity index (χ3v) is 3.44. The van der Waals surface area contributed by atoms with Crippen LogP contribution in [0.1, 0.15) is 5.56 Å². The standard InChI is InChI=1S/C13H20ClN3S/c1-16(2)9-8-15-13(18)17(3)10-11-6-4-5-7-12(11)14/h4-7H,8-10H2,1-3H3,(H,15,18)/p+1. The average molecular weight is 287 g/mol. The molecule has 0 saturated heterocycles. The first-order valence-corrected chi connectivity index (χ1v) is 6.80. The molecular weight excluding hydrogens is 266 g/mol. The molecule has 0 saturated carbocycles. The Labute approximate surface area is 120 Å². The monoisotopic (exact) mass is 286 g/mol. The van der Waals surface area contributed by atoms with E-state index in [1.165, 1.54) is 4.90 Å². The minimum atomic E-state index is 0.723. The number of halogens is 1. The summed E-state index contributed by atoms with van der Waals surface area (Å²) in [6.07, 6.45) is 0. The molecule has 1 aromatic carbocycles. The van der Waals surface area contributed by atoms with Gasteiger partial charge in [-0.1, -0.05) is 29.8 Å². The maximum Gasteiger partial charge on any atom is 0.169 e. The van der Waals surface area contributed by atoms with E-state index >= 15 is 0 Å². The van der Waals surface area contributed by atoms with Crippen LogP contribution in [-0.4, -0.2) is 44.2 Å². The summed E-state index contributed by atoms with van der Waals surface area (Å²) >= 11 is 11.5. The highest BCUT2D eigenvalue weighted by Crippen LogP contribution is 2.16. The van der Waals surface area contributed by atoms with Gasteiger partial charge in [-0.2, -0.15) is 0 Å². The molecule has 0 bridgehead atoms. The Bertz CT molecular complexity index is 396. The maximum atomic E-state index is 6.13. The molecule has 0 radical (unpaired) electrons. The topological polar surface area (TPSA) is 19.7 Å². The van der Waals surface area contributed by atoms with Crippen LogP contribution in [0.3, 0.4) is 0 Å². The van der Waals surface area contributed by atoms with E-state index in [1.807, 2.05) is 36.2 Å². The molecule has 18 heavy (non-hydrogen) atoms. The van der Waals surface area contributed by atoms with Gasteiger partial charge in [0.2, 0.25) is 0 Å². The molecule has 3 nitrogen and oxygen atoms in total. The molecule has 100 valence electrons. The van der Waals surface area contributed by atoms with Crippen LogP contribution in [-0.2, 0) is 6.54 Å². The lowest BCUT2D eigenvalue weighted by Crippen LogP contribution is -3.06. The number of likely N-dealkylation sites (N-methyl/N-ethyl adjacent to an activating group) is 1. The summed E-state index contributed by atoms with van der Waals surface area (Å²) in [5, 5.41) is 4.79. The first kappa shape index (κ1) is 15.2. The normalized spacial score (nSPS) is 10.5. The molecule has 0 amide bonds. The van der Waals surface area contributed by atoms with Crippen molar-refractivity contribution in [3.8, 4) is 0 Å². The first-order valence-electron chi connectivity index (χ1n) is 6.02. The number of nitrogens with zero attached hydrogens (tertiary/aromatic N) is 1. The molecule has 1 rings (SSSR count). The predicted molar refractivity (Wildman–Crippen MR) is 81.2 cm³/mol. The van der Waals surface area contributed by atoms with Crippen molar-refractivity contribution in [2.75, 3.05) is 34.2 Å². The van der Waals surface area contributed by atoms with Gasteiger partial charge in [-0.15, -0.1) is 0 Å². The molecule has 5 heteroatoms. The van der Waals surface area contributed by atoms with Crippen molar-refractivity contribution in [3.63, 3.8) is 0 Å². The smallest absolute Gasteiger partial charge is 0.169 e. The van der Waals surface area contributed by atoms with Crippen LogP contribution in [0.25, 0.3) is 0 Å². The quantitative estimate of drug-likeness (QED) is 0.781. The molecule has 0 unspecified atom stereocenters. The third kappa shape index (κ3) is 5.21. The van der Waals surface area contributed by atoms with Gasteiger partial charge in [-0.05, 0) is 23.8 Å². The second-order valence-corrected chi connectivity index (χ2v) is 5.43. The van der Waals surface area contributed by atoms with Crippen LogP contribution >= 0.6 is 23.8 Å². The molecule has 1 aromatic rings. The molecule has 0 aliphatic rings. The third-order valence-electron chi connectivity index (χ3n) is 2.61. The van der Waals surface area contributed by atoms with Gasteiger partial charge in [0.25, 0.3) is 0 Å². The van der Waals surface area contributed by atoms with Gasteiger partial charge in [-0.3, -0.25) is 0 Å². The highest BCUT2D eigenvalue weighted by molar-refractivity contribution is 7.80. The lowest BCUT2D eigenvalue weighted by molar-refractivity contribution is -0.856. The van der Waals surface area contributed by atoms with Gasteiger partial charge in [-0.25, -0.2) is 0 Å². The summed E-state index contributed by atoms with van der Waals surface area (Å²) in [6.45, 7) is 2.65. The van der Waals surface area contributed by atoms with E-state index in [-0.39, 0.29) is 0 Å². The fraction of sp³-hybridized carbons (Fsp3) is 0.462. The van der Waals surface area contributed by atoms with Crippen molar-refractivity contribution in [1.82, 2.24) is 10.2 Å². The molecule has 2 N–H and O–H groups in total. The van der Waals surface area contributed by atoms with Crippen LogP contribution in [0.15, 0.2) is 24.3 Å². The zero-order valence-electron chi connectivity index (χ0n) is 11.2. The molecule has 0 spiro atoms. The van der Waals surface area contributed by atoms with E-state index in [2.05, 4.69) is 19.4 Å². The molecular formula is C13H21ClN3S+. The van der Waals surface area contributed by atoms with E-state index in [1.54, 1.807) is 0 Å². The largest absolute Gasteiger partial charge is 0.357 e. The highest BCUT2D eigenvalue weighted by Gasteiger charge is 2.07. The first-order chi connectivity index (χ1) is 8.50. The van der Waals surface area contributed by atoms with Crippen molar-refractivity contribution in [2.45, 2.75) is 6.54 Å². The Morgan fingerprint density at radius 2 is 2.06 bits per heavy atom. The number of thiocarbonyl (C=S) groups is 1. The lowest BCUT2D eigenvalue weighted by Gasteiger charge is -2.21. The Morgan fingerprint density at radius 1 is 1.39 bits per heavy atom. The van der Waals surface area contributed by atoms with Gasteiger partial charge in [0.05, 0.1) is 27.2 Å². The average Bonchev–Trinajstić information content (AvgIpc) is 2.31. The van der Waals surface area contributed by atoms with Crippen molar-refractivity contribution >= 4 is 28.9 Å². The Hall–Kier alpha value is -0.840. The number of hydrogen-bond acceptors (Lipinski definition) is 1. The van der Waals surface area contributed by atoms with E-state index in [9.17, 15) is 0 Å². The van der Waals surface area contributed by atoms with E-state index in [4.69, 9.17) is 23.8 Å². The van der Waals surface area contributed by atoms with Crippen molar-refractivity contribution in [3.05, 3.63) is 34.9 Å². The molecule has 0 aliphatic heterocycles. The second kappa shape index (κ2) is 7.56. The van der Waals surface area contributed by atoms with Gasteiger partial charge in [0.15, 0.2) is 5.11 Å². The van der Waals surface area contributed by atoms with Crippen molar-refractivity contribution < 1.29 is 4.90 Å². The summed E-state index contributed by atoms with van der Waals surface area (Å²) in [5.74, 6) is 0. The van der Waals surface area contributed by atoms with Gasteiger partial charge in [0.1, 0.15) is 0 Å². The zero-order chi connectivity index (χ0) is 13.5. The van der Waals surface area contributed by atoms with E-state index in [0.717, 1.165) is 35.3 Å². The zero-order valence-corrected chi connectivity index (χ0v) is 12.7. The molecule has 0 atom stereocenters. The van der Waals surface area contributed by atoms with E-state index in [0.29, 0.717) is 0 Å². The second-order valence-electron chi connectivity index (χ2n) is 4.64. The number of hydrogen-bond donors (Lipinski definition) is 2. The van der Waals surface area contributed by atoms with Gasteiger partial charge < -0.3 is 15.1 Å². The summed E-state index contributed by atoms with van der Waals surface area (Å²) in [5.41, 5.74) is 1.09. The molecule has 0 heterocycles. The van der Waals surface area contributed by atoms with Crippen LogP contribution in [0.2, 0.25) is 5.02 Å². The number of quaternary nitrogens is 1. The van der Waals surface area contributed by atoms with Gasteiger partial charge >= 0.3 is 0 Å². The maximum absolute atomic E-state index is 6.13. The van der Waals surface area contributed by atoms with Crippen molar-refractivity contribution in [1.29, 1.82) is 0 Å². The highest BCUT2D eigenvalue weighted by atomic mass is 35.5. The SMILES string of the molecule is CN(Cc1ccccc1Cl)C(=S)NCC[NH+](C)C. The lowest BCUT2D eigenvalue weighted by atomic mass is 10.2. The summed E-state index contributed by atoms with van der Waals surface area (Å²) < 4.78 is 0. The predicted octanol–water partition coefficient (Wildman–Crippen LogP) is 0.791. The molecule has 0 aliphatic carbocycles. The molecule has 0 aromatic heterocycles. The number of benzene rings is 1. The summed E-state index contributed by atoms with van der Waals surface area (Å²) in [4.78, 5) is 3.40. The minimum Gasteiger partial charge on any atom is -0.357 e. The van der Waals surface area contributed by atoms with Crippen LogP contribution in [0, 0.1) is 0 Å².